The van der Waals surface area contributed by atoms with Crippen LogP contribution in [0.1, 0.15) is 232 Å². The van der Waals surface area contributed by atoms with E-state index in [1.165, 1.54) is 161 Å². The third-order valence-electron chi connectivity index (χ3n) is 11.4. The summed E-state index contributed by atoms with van der Waals surface area (Å²) in [7, 11) is 1.57. The van der Waals surface area contributed by atoms with Crippen molar-refractivity contribution >= 4 is 13.7 Å². The number of aliphatic hydroxyl groups excluding tert-OH is 1. The van der Waals surface area contributed by atoms with Gasteiger partial charge >= 0.3 is 7.82 Å². The average Bonchev–Trinajstić information content (AvgIpc) is 3.20. The Morgan fingerprint density at radius 2 is 0.950 bits per heavy atom. The van der Waals surface area contributed by atoms with Crippen molar-refractivity contribution in [1.29, 1.82) is 0 Å². The molecule has 0 aromatic rings. The highest BCUT2D eigenvalue weighted by Gasteiger charge is 2.27. The summed E-state index contributed by atoms with van der Waals surface area (Å²) in [5.74, 6) is -0.184. The van der Waals surface area contributed by atoms with Crippen LogP contribution >= 0.6 is 7.82 Å². The molecule has 1 amide bonds. The van der Waals surface area contributed by atoms with Crippen molar-refractivity contribution < 1.29 is 32.9 Å². The maximum absolute atomic E-state index is 12.9. The normalized spacial score (nSPS) is 14.4. The largest absolute Gasteiger partial charge is 0.472 e. The van der Waals surface area contributed by atoms with Crippen LogP contribution in [0.2, 0.25) is 0 Å². The number of carbonyl (C=O) groups is 1. The lowest BCUT2D eigenvalue weighted by Crippen LogP contribution is -2.45. The van der Waals surface area contributed by atoms with E-state index in [9.17, 15) is 19.4 Å². The molecule has 0 aliphatic carbocycles. The van der Waals surface area contributed by atoms with Gasteiger partial charge in [0, 0.05) is 6.42 Å². The van der Waals surface area contributed by atoms with Crippen LogP contribution in [0.15, 0.2) is 36.5 Å². The van der Waals surface area contributed by atoms with E-state index >= 15 is 0 Å². The molecule has 0 bridgehead atoms. The minimum atomic E-state index is -4.34. The lowest BCUT2D eigenvalue weighted by molar-refractivity contribution is -0.870. The maximum atomic E-state index is 12.9. The van der Waals surface area contributed by atoms with Crippen molar-refractivity contribution in [2.24, 2.45) is 0 Å². The first-order valence-electron chi connectivity index (χ1n) is 25.4. The Labute approximate surface area is 372 Å². The number of hydrogen-bond donors (Lipinski definition) is 3. The first-order valence-corrected chi connectivity index (χ1v) is 26.9. The molecule has 9 heteroatoms. The second-order valence-corrected chi connectivity index (χ2v) is 20.0. The first kappa shape index (κ1) is 58.7. The monoisotopic (exact) mass is 868 g/mol. The highest BCUT2D eigenvalue weighted by Crippen LogP contribution is 2.43. The Morgan fingerprint density at radius 1 is 0.567 bits per heavy atom. The van der Waals surface area contributed by atoms with Gasteiger partial charge < -0.3 is 19.8 Å². The van der Waals surface area contributed by atoms with E-state index < -0.39 is 20.0 Å². The number of amides is 1. The standard InChI is InChI=1S/C51H99N2O6P/c1-6-8-10-12-14-16-18-20-22-24-26-27-28-30-32-34-36-38-40-42-44-50(54)49(48-59-60(56,57)58-47-46-53(3,4)5)52-51(55)45-43-41-39-37-35-33-31-29-25-23-21-19-17-15-13-11-9-7-2/h17,19,23,25,42,44,49-50,54H,6-16,18,20-22,24,26-41,43,45-48H2,1-5H3,(H-,52,55,56,57)/p+1/b19-17-,25-23-,44-42+. The molecule has 0 aromatic carbocycles. The number of phosphoric acid groups is 1. The van der Waals surface area contributed by atoms with E-state index in [0.29, 0.717) is 17.4 Å². The molecule has 3 atom stereocenters. The van der Waals surface area contributed by atoms with Crippen LogP contribution < -0.4 is 5.32 Å². The third-order valence-corrected chi connectivity index (χ3v) is 12.3. The molecule has 0 saturated carbocycles. The molecular weight excluding hydrogens is 768 g/mol. The van der Waals surface area contributed by atoms with Crippen molar-refractivity contribution in [3.63, 3.8) is 0 Å². The second-order valence-electron chi connectivity index (χ2n) is 18.5. The van der Waals surface area contributed by atoms with Gasteiger partial charge in [-0.05, 0) is 51.4 Å². The number of rotatable bonds is 46. The van der Waals surface area contributed by atoms with Gasteiger partial charge in [-0.3, -0.25) is 13.8 Å². The smallest absolute Gasteiger partial charge is 0.387 e. The van der Waals surface area contributed by atoms with Crippen LogP contribution in [0.5, 0.6) is 0 Å². The Morgan fingerprint density at radius 3 is 1.38 bits per heavy atom. The van der Waals surface area contributed by atoms with Crippen molar-refractivity contribution in [2.75, 3.05) is 40.9 Å². The molecule has 8 nitrogen and oxygen atoms in total. The van der Waals surface area contributed by atoms with Crippen LogP contribution in [-0.4, -0.2) is 73.4 Å². The molecule has 0 saturated heterocycles. The van der Waals surface area contributed by atoms with E-state index in [0.717, 1.165) is 51.4 Å². The number of unbranched alkanes of at least 4 members (excludes halogenated alkanes) is 29. The summed E-state index contributed by atoms with van der Waals surface area (Å²) in [6.45, 7) is 4.81. The highest BCUT2D eigenvalue weighted by molar-refractivity contribution is 7.47. The number of carbonyl (C=O) groups excluding carboxylic acids is 1. The van der Waals surface area contributed by atoms with Gasteiger partial charge in [0.25, 0.3) is 0 Å². The molecule has 3 N–H and O–H groups in total. The van der Waals surface area contributed by atoms with Gasteiger partial charge in [0.1, 0.15) is 13.2 Å². The summed E-state index contributed by atoms with van der Waals surface area (Å²) in [5, 5.41) is 13.9. The summed E-state index contributed by atoms with van der Waals surface area (Å²) in [6.07, 6.45) is 53.6. The Balaban J connectivity index is 4.34. The number of quaternary nitrogens is 1. The van der Waals surface area contributed by atoms with Gasteiger partial charge in [-0.1, -0.05) is 211 Å². The molecule has 0 radical (unpaired) electrons. The third kappa shape index (κ3) is 44.8. The summed E-state index contributed by atoms with van der Waals surface area (Å²) in [5.41, 5.74) is 0. The predicted octanol–water partition coefficient (Wildman–Crippen LogP) is 14.6. The minimum Gasteiger partial charge on any atom is -0.387 e. The van der Waals surface area contributed by atoms with Crippen molar-refractivity contribution in [3.8, 4) is 0 Å². The fourth-order valence-electron chi connectivity index (χ4n) is 7.31. The number of aliphatic hydroxyl groups is 1. The van der Waals surface area contributed by atoms with Crippen LogP contribution in [0.25, 0.3) is 0 Å². The van der Waals surface area contributed by atoms with Gasteiger partial charge in [0.15, 0.2) is 0 Å². The number of hydrogen-bond acceptors (Lipinski definition) is 5. The summed E-state index contributed by atoms with van der Waals surface area (Å²) in [6, 6.07) is -0.850. The molecule has 0 aliphatic rings. The van der Waals surface area contributed by atoms with Crippen LogP contribution in [-0.2, 0) is 18.4 Å². The second kappa shape index (κ2) is 43.0. The van der Waals surface area contributed by atoms with Crippen LogP contribution in [0.3, 0.4) is 0 Å². The molecule has 0 aromatic heterocycles. The van der Waals surface area contributed by atoms with Crippen LogP contribution in [0, 0.1) is 0 Å². The molecule has 0 aliphatic heterocycles. The Bertz CT molecular complexity index is 1070. The lowest BCUT2D eigenvalue weighted by atomic mass is 10.0. The molecule has 354 valence electrons. The van der Waals surface area contributed by atoms with E-state index in [2.05, 4.69) is 43.5 Å². The van der Waals surface area contributed by atoms with Gasteiger partial charge in [-0.15, -0.1) is 0 Å². The predicted molar refractivity (Wildman–Crippen MR) is 258 cm³/mol. The Kier molecular flexibility index (Phi) is 42.1. The number of nitrogens with one attached hydrogen (secondary N) is 1. The summed E-state index contributed by atoms with van der Waals surface area (Å²) in [4.78, 5) is 23.2. The van der Waals surface area contributed by atoms with Crippen molar-refractivity contribution in [2.45, 2.75) is 244 Å². The quantitative estimate of drug-likeness (QED) is 0.0244. The van der Waals surface area contributed by atoms with E-state index in [-0.39, 0.29) is 19.1 Å². The zero-order valence-corrected chi connectivity index (χ0v) is 41.1. The number of nitrogens with zero attached hydrogens (tertiary/aromatic N) is 1. The molecule has 0 spiro atoms. The molecule has 0 rings (SSSR count). The van der Waals surface area contributed by atoms with E-state index in [4.69, 9.17) is 9.05 Å². The lowest BCUT2D eigenvalue weighted by Gasteiger charge is -2.25. The Hall–Kier alpha value is -1.28. The van der Waals surface area contributed by atoms with Gasteiger partial charge in [0.05, 0.1) is 39.9 Å². The number of allylic oxidation sites excluding steroid dienone is 5. The fourth-order valence-corrected chi connectivity index (χ4v) is 8.04. The van der Waals surface area contributed by atoms with Gasteiger partial charge in [-0.25, -0.2) is 4.57 Å². The number of likely N-dealkylation sites (N-methyl/N-ethyl adjacent to an activating group) is 1. The summed E-state index contributed by atoms with van der Waals surface area (Å²) >= 11 is 0. The van der Waals surface area contributed by atoms with E-state index in [1.54, 1.807) is 6.08 Å². The zero-order valence-electron chi connectivity index (χ0n) is 40.2. The highest BCUT2D eigenvalue weighted by atomic mass is 31.2. The molecular formula is C51H100N2O6P+. The van der Waals surface area contributed by atoms with E-state index in [1.807, 2.05) is 27.2 Å². The molecule has 0 heterocycles. The molecule has 0 fully saturated rings. The fraction of sp³-hybridized carbons (Fsp3) is 0.863. The SMILES string of the molecule is CCCCCC/C=C\C/C=C\CCCCCCCCCC(=O)NC(COP(=O)(O)OCC[N+](C)(C)C)C(O)/C=C/CCCCCCCCCCCCCCCCCCCC. The van der Waals surface area contributed by atoms with Crippen LogP contribution in [0.4, 0.5) is 0 Å². The topological polar surface area (TPSA) is 105 Å². The average molecular weight is 868 g/mol. The molecule has 3 unspecified atom stereocenters. The van der Waals surface area contributed by atoms with Crippen molar-refractivity contribution in [3.05, 3.63) is 36.5 Å². The zero-order chi connectivity index (χ0) is 44.3. The first-order chi connectivity index (χ1) is 29.0. The van der Waals surface area contributed by atoms with Crippen molar-refractivity contribution in [1.82, 2.24) is 5.32 Å². The van der Waals surface area contributed by atoms with Gasteiger partial charge in [0.2, 0.25) is 5.91 Å². The minimum absolute atomic E-state index is 0.0599. The number of phosphoric ester groups is 1. The summed E-state index contributed by atoms with van der Waals surface area (Å²) < 4.78 is 23.6. The van der Waals surface area contributed by atoms with Gasteiger partial charge in [-0.2, -0.15) is 0 Å². The maximum Gasteiger partial charge on any atom is 0.472 e. The molecule has 60 heavy (non-hydrogen) atoms.